The lowest BCUT2D eigenvalue weighted by Gasteiger charge is -2.09. The Kier molecular flexibility index (Phi) is 4.80. The zero-order chi connectivity index (χ0) is 14.5. The molecule has 0 radical (unpaired) electrons. The van der Waals surface area contributed by atoms with E-state index in [4.69, 9.17) is 5.73 Å². The third-order valence-electron chi connectivity index (χ3n) is 2.77. The number of aromatic nitrogens is 4. The predicted molar refractivity (Wildman–Crippen MR) is 76.4 cm³/mol. The highest BCUT2D eigenvalue weighted by atomic mass is 32.1. The van der Waals surface area contributed by atoms with Crippen LogP contribution in [0.15, 0.2) is 12.4 Å². The van der Waals surface area contributed by atoms with E-state index >= 15 is 0 Å². The van der Waals surface area contributed by atoms with E-state index in [1.807, 2.05) is 13.1 Å². The van der Waals surface area contributed by atoms with Gasteiger partial charge in [-0.25, -0.2) is 4.98 Å². The maximum Gasteiger partial charge on any atom is 0.274 e. The predicted octanol–water partition coefficient (Wildman–Crippen LogP) is 0.747. The van der Waals surface area contributed by atoms with Gasteiger partial charge in [0.2, 0.25) is 0 Å². The smallest absolute Gasteiger partial charge is 0.274 e. The molecule has 0 aliphatic carbocycles. The molecule has 0 bridgehead atoms. The van der Waals surface area contributed by atoms with Gasteiger partial charge in [-0.05, 0) is 13.3 Å². The fraction of sp³-hybridized carbons (Fsp3) is 0.500. The molecular formula is C12H18N6OS. The molecule has 7 nitrogen and oxygen atoms in total. The lowest BCUT2D eigenvalue weighted by molar-refractivity contribution is 0.0934. The molecule has 0 aromatic carbocycles. The van der Waals surface area contributed by atoms with E-state index in [0.29, 0.717) is 13.1 Å². The molecule has 108 valence electrons. The summed E-state index contributed by atoms with van der Waals surface area (Å²) in [5.74, 6) is -0.256. The molecule has 0 aliphatic heterocycles. The molecule has 1 amide bonds. The van der Waals surface area contributed by atoms with Crippen molar-refractivity contribution in [2.45, 2.75) is 32.9 Å². The molecule has 1 atom stereocenters. The Labute approximate surface area is 121 Å². The highest BCUT2D eigenvalue weighted by Crippen LogP contribution is 2.20. The first-order valence-corrected chi connectivity index (χ1v) is 7.31. The summed E-state index contributed by atoms with van der Waals surface area (Å²) in [7, 11) is 0. The molecule has 2 rings (SSSR count). The van der Waals surface area contributed by atoms with Gasteiger partial charge in [0.15, 0.2) is 5.69 Å². The van der Waals surface area contributed by atoms with Gasteiger partial charge < -0.3 is 11.1 Å². The third kappa shape index (κ3) is 3.40. The van der Waals surface area contributed by atoms with Crippen LogP contribution in [-0.4, -0.2) is 32.4 Å². The molecule has 2 aromatic rings. The topological polar surface area (TPSA) is 98.7 Å². The van der Waals surface area contributed by atoms with Gasteiger partial charge in [-0.1, -0.05) is 12.1 Å². The number of nitrogens with two attached hydrogens (primary N) is 1. The van der Waals surface area contributed by atoms with Crippen molar-refractivity contribution < 1.29 is 4.79 Å². The summed E-state index contributed by atoms with van der Waals surface area (Å²) in [6.07, 6.45) is 4.39. The first kappa shape index (κ1) is 14.6. The maximum atomic E-state index is 12.0. The van der Waals surface area contributed by atoms with E-state index in [1.54, 1.807) is 22.2 Å². The number of nitrogens with zero attached hydrogens (tertiary/aromatic N) is 4. The van der Waals surface area contributed by atoms with Crippen molar-refractivity contribution in [3.63, 3.8) is 0 Å². The van der Waals surface area contributed by atoms with Crippen LogP contribution in [0.1, 0.15) is 40.3 Å². The summed E-state index contributed by atoms with van der Waals surface area (Å²) in [5, 5.41) is 11.4. The van der Waals surface area contributed by atoms with Gasteiger partial charge in [0.05, 0.1) is 18.8 Å². The molecule has 0 saturated carbocycles. The minimum Gasteiger partial charge on any atom is -0.342 e. The Morgan fingerprint density at radius 2 is 2.40 bits per heavy atom. The third-order valence-corrected chi connectivity index (χ3v) is 4.09. The fourth-order valence-electron chi connectivity index (χ4n) is 1.66. The molecule has 1 unspecified atom stereocenters. The van der Waals surface area contributed by atoms with Crippen LogP contribution in [0, 0.1) is 0 Å². The van der Waals surface area contributed by atoms with Crippen molar-refractivity contribution >= 4 is 17.2 Å². The molecule has 2 aromatic heterocycles. The van der Waals surface area contributed by atoms with Crippen molar-refractivity contribution in [1.29, 1.82) is 0 Å². The Morgan fingerprint density at radius 1 is 1.60 bits per heavy atom. The van der Waals surface area contributed by atoms with Crippen LogP contribution < -0.4 is 11.1 Å². The molecule has 2 heterocycles. The summed E-state index contributed by atoms with van der Waals surface area (Å²) < 4.78 is 1.55. The summed E-state index contributed by atoms with van der Waals surface area (Å²) in [4.78, 5) is 17.6. The number of nitrogens with one attached hydrogen (secondary N) is 1. The highest BCUT2D eigenvalue weighted by Gasteiger charge is 2.16. The average molecular weight is 294 g/mol. The maximum absolute atomic E-state index is 12.0. The van der Waals surface area contributed by atoms with Crippen molar-refractivity contribution in [2.75, 3.05) is 6.54 Å². The van der Waals surface area contributed by atoms with Crippen LogP contribution in [-0.2, 0) is 13.0 Å². The quantitative estimate of drug-likeness (QED) is 0.819. The van der Waals surface area contributed by atoms with Crippen molar-refractivity contribution in [1.82, 2.24) is 25.3 Å². The standard InChI is InChI=1S/C12H18N6OS/c1-3-9-6-14-12(20-9)8(2)15-11(19)10-7-18(5-4-13)17-16-10/h6-8H,3-5,13H2,1-2H3,(H,15,19). The van der Waals surface area contributed by atoms with Crippen LogP contribution in [0.5, 0.6) is 0 Å². The van der Waals surface area contributed by atoms with Gasteiger partial charge in [0.1, 0.15) is 5.01 Å². The fourth-order valence-corrected chi connectivity index (χ4v) is 2.52. The van der Waals surface area contributed by atoms with E-state index in [9.17, 15) is 4.79 Å². The molecule has 3 N–H and O–H groups in total. The zero-order valence-electron chi connectivity index (χ0n) is 11.5. The monoisotopic (exact) mass is 294 g/mol. The highest BCUT2D eigenvalue weighted by molar-refractivity contribution is 7.11. The van der Waals surface area contributed by atoms with Crippen molar-refractivity contribution in [3.05, 3.63) is 28.0 Å². The zero-order valence-corrected chi connectivity index (χ0v) is 12.4. The number of carbonyl (C=O) groups is 1. The molecule has 8 heteroatoms. The lowest BCUT2D eigenvalue weighted by Crippen LogP contribution is -2.26. The second kappa shape index (κ2) is 6.58. The lowest BCUT2D eigenvalue weighted by atomic mass is 10.3. The van der Waals surface area contributed by atoms with E-state index in [1.165, 1.54) is 4.88 Å². The number of thiazole rings is 1. The Morgan fingerprint density at radius 3 is 3.05 bits per heavy atom. The number of hydrogen-bond acceptors (Lipinski definition) is 6. The normalized spacial score (nSPS) is 12.3. The minimum absolute atomic E-state index is 0.146. The van der Waals surface area contributed by atoms with Gasteiger partial charge in [-0.15, -0.1) is 16.4 Å². The Bertz CT molecular complexity index is 578. The summed E-state index contributed by atoms with van der Waals surface area (Å²) in [6, 6.07) is -0.146. The van der Waals surface area contributed by atoms with Crippen LogP contribution in [0.2, 0.25) is 0 Å². The molecule has 20 heavy (non-hydrogen) atoms. The molecule has 0 aliphatic rings. The van der Waals surface area contributed by atoms with Gasteiger partial charge in [-0.3, -0.25) is 9.48 Å². The van der Waals surface area contributed by atoms with Gasteiger partial charge in [0, 0.05) is 17.6 Å². The SMILES string of the molecule is CCc1cnc(C(C)NC(=O)c2cn(CCN)nn2)s1. The Balaban J connectivity index is 1.99. The van der Waals surface area contributed by atoms with Crippen LogP contribution in [0.4, 0.5) is 0 Å². The number of hydrogen-bond donors (Lipinski definition) is 2. The molecule has 0 saturated heterocycles. The number of carbonyl (C=O) groups excluding carboxylic acids is 1. The van der Waals surface area contributed by atoms with Crippen LogP contribution in [0.3, 0.4) is 0 Å². The van der Waals surface area contributed by atoms with Crippen molar-refractivity contribution in [2.24, 2.45) is 5.73 Å². The summed E-state index contributed by atoms with van der Waals surface area (Å²) in [5.41, 5.74) is 5.71. The van der Waals surface area contributed by atoms with E-state index in [2.05, 4.69) is 27.5 Å². The first-order valence-electron chi connectivity index (χ1n) is 6.49. The van der Waals surface area contributed by atoms with Gasteiger partial charge in [0.25, 0.3) is 5.91 Å². The van der Waals surface area contributed by atoms with Crippen LogP contribution in [0.25, 0.3) is 0 Å². The van der Waals surface area contributed by atoms with E-state index in [-0.39, 0.29) is 17.6 Å². The number of rotatable bonds is 6. The van der Waals surface area contributed by atoms with E-state index < -0.39 is 0 Å². The van der Waals surface area contributed by atoms with E-state index in [0.717, 1.165) is 11.4 Å². The molecular weight excluding hydrogens is 276 g/mol. The number of amides is 1. The largest absolute Gasteiger partial charge is 0.342 e. The van der Waals surface area contributed by atoms with Gasteiger partial charge in [-0.2, -0.15) is 0 Å². The number of aryl methyl sites for hydroxylation is 1. The second-order valence-electron chi connectivity index (χ2n) is 4.37. The first-order chi connectivity index (χ1) is 9.63. The van der Waals surface area contributed by atoms with Crippen LogP contribution >= 0.6 is 11.3 Å². The molecule has 0 spiro atoms. The summed E-state index contributed by atoms with van der Waals surface area (Å²) in [6.45, 7) is 4.98. The van der Waals surface area contributed by atoms with Gasteiger partial charge >= 0.3 is 0 Å². The average Bonchev–Trinajstić information content (AvgIpc) is 3.07. The molecule has 0 fully saturated rings. The summed E-state index contributed by atoms with van der Waals surface area (Å²) >= 11 is 1.61. The Hall–Kier alpha value is -1.80. The second-order valence-corrected chi connectivity index (χ2v) is 5.52. The minimum atomic E-state index is -0.256. The van der Waals surface area contributed by atoms with Crippen molar-refractivity contribution in [3.8, 4) is 0 Å².